The van der Waals surface area contributed by atoms with Gasteiger partial charge in [0.1, 0.15) is 5.75 Å². The molecule has 5 unspecified atom stereocenters. The first-order chi connectivity index (χ1) is 30.0. The summed E-state index contributed by atoms with van der Waals surface area (Å²) in [5.41, 5.74) is 5.21. The second kappa shape index (κ2) is 19.5. The minimum Gasteiger partial charge on any atom is -0.508 e. The average Bonchev–Trinajstić information content (AvgIpc) is 3.79. The van der Waals surface area contributed by atoms with Crippen LogP contribution in [0, 0.1) is 11.8 Å². The molecule has 7 rings (SSSR count). The molecule has 1 fully saturated rings. The number of rotatable bonds is 18. The molecule has 1 aliphatic rings. The number of phenols is 2. The molecule has 1 heterocycles. The Bertz CT molecular complexity index is 2480. The van der Waals surface area contributed by atoms with E-state index in [1.807, 2.05) is 42.7 Å². The summed E-state index contributed by atoms with van der Waals surface area (Å²) in [5, 5.41) is 62.1. The van der Waals surface area contributed by atoms with Crippen LogP contribution in [0.15, 0.2) is 103 Å². The second-order valence-corrected chi connectivity index (χ2v) is 16.5. The maximum Gasteiger partial charge on any atom is 0.186 e. The molecule has 0 saturated heterocycles. The van der Waals surface area contributed by atoms with Gasteiger partial charge in [-0.2, -0.15) is 0 Å². The van der Waals surface area contributed by atoms with Gasteiger partial charge in [0.05, 0.1) is 31.8 Å². The zero-order chi connectivity index (χ0) is 44.0. The molecule has 11 nitrogen and oxygen atoms in total. The van der Waals surface area contributed by atoms with Crippen molar-refractivity contribution < 1.29 is 44.5 Å². The summed E-state index contributed by atoms with van der Waals surface area (Å²) < 4.78 is 16.9. The molecule has 1 aliphatic carbocycles. The Morgan fingerprint density at radius 3 is 2.39 bits per heavy atom. The number of methoxy groups -OCH3 is 2. The average molecular weight is 843 g/mol. The number of ketones is 1. The zero-order valence-electron chi connectivity index (χ0n) is 35.9. The number of aliphatic hydroxyl groups is 3. The number of aromatic hydroxyl groups is 2. The van der Waals surface area contributed by atoms with Gasteiger partial charge < -0.3 is 50.0 Å². The summed E-state index contributed by atoms with van der Waals surface area (Å²) in [4.78, 5) is 18.8. The van der Waals surface area contributed by atoms with Gasteiger partial charge in [0.25, 0.3) is 0 Å². The fourth-order valence-corrected chi connectivity index (χ4v) is 9.83. The molecule has 0 amide bonds. The highest BCUT2D eigenvalue weighted by atomic mass is 16.6. The van der Waals surface area contributed by atoms with Gasteiger partial charge in [0.15, 0.2) is 35.6 Å². The van der Waals surface area contributed by atoms with Crippen molar-refractivity contribution in [2.75, 3.05) is 28.1 Å². The van der Waals surface area contributed by atoms with Crippen molar-refractivity contribution >= 4 is 16.6 Å². The van der Waals surface area contributed by atoms with Crippen molar-refractivity contribution in [1.29, 1.82) is 0 Å². The normalized spacial score (nSPS) is 18.7. The molecular formula is C51H58N2O9. The lowest BCUT2D eigenvalue weighted by atomic mass is 9.58. The summed E-state index contributed by atoms with van der Waals surface area (Å²) in [6.45, 7) is 1.98. The summed E-state index contributed by atoms with van der Waals surface area (Å²) in [6.07, 6.45) is 3.96. The molecule has 0 spiro atoms. The van der Waals surface area contributed by atoms with E-state index in [9.17, 15) is 25.5 Å². The molecule has 7 N–H and O–H groups in total. The minimum absolute atomic E-state index is 0.0184. The van der Waals surface area contributed by atoms with E-state index in [2.05, 4.69) is 41.5 Å². The predicted molar refractivity (Wildman–Crippen MR) is 239 cm³/mol. The van der Waals surface area contributed by atoms with E-state index < -0.39 is 36.3 Å². The standard InChI is InChI=1S/C51H58N2O9/c1-5-34-11-12-35-8-6-7-9-40(35)42(34)26-43-36(13-15-44(56)49(43)61-4)24-37(20-32-18-19-53-29-32)48(58)41-14-17-47(57)51(50(41)59,38-21-33(28-52-2)22-39(55)25-38)27-31-10-16-45(62-30-54)46(23-31)60-3/h6-13,15-16,18-19,21-23,25,29,37,41,47-48,52-58H,5,14,17,20,24,26-28,30H2,1-4H3. The zero-order valence-corrected chi connectivity index (χ0v) is 35.9. The van der Waals surface area contributed by atoms with Gasteiger partial charge in [-0.1, -0.05) is 61.5 Å². The van der Waals surface area contributed by atoms with Gasteiger partial charge in [0, 0.05) is 36.8 Å². The summed E-state index contributed by atoms with van der Waals surface area (Å²) in [6, 6.07) is 28.2. The number of fused-ring (bicyclic) bond motifs is 1. The number of aromatic nitrogens is 1. The largest absolute Gasteiger partial charge is 0.508 e. The van der Waals surface area contributed by atoms with Crippen molar-refractivity contribution in [3.63, 3.8) is 0 Å². The number of hydrogen-bond acceptors (Lipinski definition) is 10. The number of hydrogen-bond donors (Lipinski definition) is 7. The third-order valence-corrected chi connectivity index (χ3v) is 12.9. The maximum absolute atomic E-state index is 15.7. The quantitative estimate of drug-likeness (QED) is 0.0444. The number of aromatic amines is 1. The Hall–Kier alpha value is -5.85. The Morgan fingerprint density at radius 2 is 1.66 bits per heavy atom. The van der Waals surface area contributed by atoms with E-state index in [0.717, 1.165) is 45.0 Å². The third kappa shape index (κ3) is 8.89. The smallest absolute Gasteiger partial charge is 0.186 e. The number of aliphatic hydroxyl groups excluding tert-OH is 3. The number of nitrogens with one attached hydrogen (secondary N) is 2. The van der Waals surface area contributed by atoms with E-state index in [1.165, 1.54) is 12.7 Å². The monoisotopic (exact) mass is 842 g/mol. The molecular weight excluding hydrogens is 785 g/mol. The molecule has 6 aromatic rings. The molecule has 0 aliphatic heterocycles. The number of carbonyl (C=O) groups is 1. The van der Waals surface area contributed by atoms with Gasteiger partial charge >= 0.3 is 0 Å². The summed E-state index contributed by atoms with van der Waals surface area (Å²) >= 11 is 0. The van der Waals surface area contributed by atoms with Crippen LogP contribution in [0.5, 0.6) is 28.7 Å². The van der Waals surface area contributed by atoms with Crippen LogP contribution in [0.1, 0.15) is 64.3 Å². The lowest BCUT2D eigenvalue weighted by molar-refractivity contribution is -0.144. The lowest BCUT2D eigenvalue weighted by Gasteiger charge is -2.46. The van der Waals surface area contributed by atoms with Crippen molar-refractivity contribution in [1.82, 2.24) is 10.3 Å². The first-order valence-corrected chi connectivity index (χ1v) is 21.3. The van der Waals surface area contributed by atoms with Crippen LogP contribution in [0.25, 0.3) is 10.8 Å². The van der Waals surface area contributed by atoms with E-state index in [4.69, 9.17) is 14.2 Å². The maximum atomic E-state index is 15.7. The molecule has 62 heavy (non-hydrogen) atoms. The molecule has 0 radical (unpaired) electrons. The fourth-order valence-electron chi connectivity index (χ4n) is 9.83. The van der Waals surface area contributed by atoms with Gasteiger partial charge in [-0.05, 0) is 138 Å². The van der Waals surface area contributed by atoms with Crippen molar-refractivity contribution in [3.8, 4) is 28.7 Å². The van der Waals surface area contributed by atoms with Gasteiger partial charge in [0.2, 0.25) is 0 Å². The number of ether oxygens (including phenoxy) is 3. The van der Waals surface area contributed by atoms with Gasteiger partial charge in [-0.3, -0.25) is 4.79 Å². The number of benzene rings is 5. The van der Waals surface area contributed by atoms with E-state index in [1.54, 1.807) is 50.6 Å². The van der Waals surface area contributed by atoms with Gasteiger partial charge in [-0.15, -0.1) is 0 Å². The first-order valence-electron chi connectivity index (χ1n) is 21.3. The second-order valence-electron chi connectivity index (χ2n) is 16.5. The van der Waals surface area contributed by atoms with E-state index in [0.29, 0.717) is 54.2 Å². The number of carbonyl (C=O) groups excluding carboxylic acids is 1. The highest BCUT2D eigenvalue weighted by Gasteiger charge is 2.54. The number of H-pyrrole nitrogens is 1. The predicted octanol–water partition coefficient (Wildman–Crippen LogP) is 7.08. The molecule has 326 valence electrons. The van der Waals surface area contributed by atoms with Crippen LogP contribution in [0.2, 0.25) is 0 Å². The molecule has 0 bridgehead atoms. The van der Waals surface area contributed by atoms with Crippen LogP contribution < -0.4 is 19.5 Å². The highest BCUT2D eigenvalue weighted by Crippen LogP contribution is 2.47. The minimum atomic E-state index is -1.58. The van der Waals surface area contributed by atoms with Crippen LogP contribution in [-0.4, -0.2) is 76.6 Å². The third-order valence-electron chi connectivity index (χ3n) is 12.9. The number of Topliss-reactive ketones (excluding diaryl/α,β-unsaturated/α-hetero) is 1. The number of phenolic OH excluding ortho intramolecular Hbond substituents is 2. The first kappa shape index (κ1) is 44.2. The van der Waals surface area contributed by atoms with Crippen LogP contribution in [0.4, 0.5) is 0 Å². The van der Waals surface area contributed by atoms with Crippen molar-refractivity contribution in [2.45, 2.75) is 76.0 Å². The highest BCUT2D eigenvalue weighted by molar-refractivity contribution is 5.95. The molecule has 1 saturated carbocycles. The molecule has 5 atom stereocenters. The molecule has 1 aromatic heterocycles. The Kier molecular flexibility index (Phi) is 13.9. The van der Waals surface area contributed by atoms with E-state index in [-0.39, 0.29) is 36.5 Å². The van der Waals surface area contributed by atoms with Gasteiger partial charge in [-0.25, -0.2) is 0 Å². The van der Waals surface area contributed by atoms with Crippen LogP contribution in [0.3, 0.4) is 0 Å². The lowest BCUT2D eigenvalue weighted by Crippen LogP contribution is -2.57. The van der Waals surface area contributed by atoms with E-state index >= 15 is 4.79 Å². The molecule has 5 aromatic carbocycles. The Balaban J connectivity index is 1.33. The number of aryl methyl sites for hydroxylation is 1. The van der Waals surface area contributed by atoms with Crippen LogP contribution >= 0.6 is 0 Å². The Morgan fingerprint density at radius 1 is 0.855 bits per heavy atom. The Labute approximate surface area is 363 Å². The SMILES string of the molecule is CCc1ccc2ccccc2c1Cc1c(CC(Cc2cc[nH]c2)C(O)C2CCC(O)C(Cc3ccc(OCO)c(OC)c3)(c3cc(O)cc(CNC)c3)C2=O)ccc(O)c1OC. The van der Waals surface area contributed by atoms with Crippen molar-refractivity contribution in [2.24, 2.45) is 11.8 Å². The molecule has 11 heteroatoms. The summed E-state index contributed by atoms with van der Waals surface area (Å²) in [7, 11) is 4.82. The van der Waals surface area contributed by atoms with Crippen LogP contribution in [-0.2, 0) is 48.9 Å². The fraction of sp³-hybridized carbons (Fsp3) is 0.353. The van der Waals surface area contributed by atoms with Crippen molar-refractivity contribution in [3.05, 3.63) is 148 Å². The summed E-state index contributed by atoms with van der Waals surface area (Å²) in [5.74, 6) is -0.717. The topological polar surface area (TPSA) is 174 Å².